The van der Waals surface area contributed by atoms with Gasteiger partial charge in [-0.15, -0.1) is 0 Å². The molecule has 0 aromatic carbocycles. The highest BCUT2D eigenvalue weighted by molar-refractivity contribution is 7.97. The van der Waals surface area contributed by atoms with Gasteiger partial charge >= 0.3 is 6.09 Å². The molecule has 0 aliphatic carbocycles. The molecule has 0 spiro atoms. The Kier molecular flexibility index (Phi) is 6.15. The quantitative estimate of drug-likeness (QED) is 0.789. The molecule has 2 aliphatic rings. The number of fused-ring (bicyclic) bond motifs is 2. The van der Waals surface area contributed by atoms with E-state index in [9.17, 15) is 9.18 Å². The molecular weight excluding hydrogens is 367 g/mol. The Balaban J connectivity index is 1.72. The molecule has 0 saturated carbocycles. The summed E-state index contributed by atoms with van der Waals surface area (Å²) in [4.78, 5) is 18.4. The normalized spacial score (nSPS) is 25.8. The topological polar surface area (TPSA) is 71.7 Å². The van der Waals surface area contributed by atoms with Gasteiger partial charge in [0.15, 0.2) is 0 Å². The number of nitrogens with zero attached hydrogens (tertiary/aromatic N) is 3. The molecule has 1 amide bonds. The van der Waals surface area contributed by atoms with Crippen molar-refractivity contribution in [3.8, 4) is 0 Å². The van der Waals surface area contributed by atoms with Gasteiger partial charge in [0.25, 0.3) is 0 Å². The van der Waals surface area contributed by atoms with Crippen LogP contribution in [0.2, 0.25) is 0 Å². The van der Waals surface area contributed by atoms with Crippen molar-refractivity contribution in [2.24, 2.45) is 0 Å². The minimum atomic E-state index is -0.516. The van der Waals surface area contributed by atoms with Gasteiger partial charge in [-0.05, 0) is 46.5 Å². The van der Waals surface area contributed by atoms with E-state index in [4.69, 9.17) is 10.5 Å². The number of amides is 1. The Labute approximate surface area is 164 Å². The Morgan fingerprint density at radius 1 is 1.41 bits per heavy atom. The molecule has 2 aliphatic heterocycles. The fourth-order valence-electron chi connectivity index (χ4n) is 3.66. The second-order valence-corrected chi connectivity index (χ2v) is 9.38. The van der Waals surface area contributed by atoms with Crippen LogP contribution in [0.1, 0.15) is 45.6 Å². The number of carbonyl (C=O) groups is 1. The van der Waals surface area contributed by atoms with Crippen molar-refractivity contribution in [1.29, 1.82) is 0 Å². The highest BCUT2D eigenvalue weighted by Gasteiger charge is 2.39. The van der Waals surface area contributed by atoms with Gasteiger partial charge in [0, 0.05) is 36.5 Å². The number of halogens is 1. The number of pyridine rings is 1. The van der Waals surface area contributed by atoms with Crippen molar-refractivity contribution < 1.29 is 13.9 Å². The van der Waals surface area contributed by atoms with E-state index < -0.39 is 5.60 Å². The molecule has 1 aromatic heterocycles. The van der Waals surface area contributed by atoms with Crippen LogP contribution in [0.5, 0.6) is 0 Å². The van der Waals surface area contributed by atoms with E-state index in [-0.39, 0.29) is 24.0 Å². The van der Waals surface area contributed by atoms with Gasteiger partial charge in [0.05, 0.1) is 18.1 Å². The van der Waals surface area contributed by atoms with Crippen molar-refractivity contribution in [2.45, 2.75) is 64.1 Å². The van der Waals surface area contributed by atoms with Crippen LogP contribution in [0, 0.1) is 5.82 Å². The largest absolute Gasteiger partial charge is 0.444 e. The maximum absolute atomic E-state index is 14.1. The molecular formula is C19H29FN4O2S. The maximum Gasteiger partial charge on any atom is 0.410 e. The summed E-state index contributed by atoms with van der Waals surface area (Å²) in [5, 5.41) is 0. The number of hydrogen-bond donors (Lipinski definition) is 1. The lowest BCUT2D eigenvalue weighted by molar-refractivity contribution is -0.00221. The third-order valence-electron chi connectivity index (χ3n) is 4.98. The van der Waals surface area contributed by atoms with Crippen LogP contribution >= 0.6 is 11.9 Å². The van der Waals surface area contributed by atoms with E-state index in [0.29, 0.717) is 24.2 Å². The molecule has 3 heterocycles. The summed E-state index contributed by atoms with van der Waals surface area (Å²) in [7, 11) is 0. The van der Waals surface area contributed by atoms with E-state index in [1.54, 1.807) is 0 Å². The second-order valence-electron chi connectivity index (χ2n) is 8.24. The Bertz CT molecular complexity index is 662. The van der Waals surface area contributed by atoms with Crippen molar-refractivity contribution in [3.63, 3.8) is 0 Å². The number of nitrogens with two attached hydrogens (primary N) is 1. The van der Waals surface area contributed by atoms with Crippen LogP contribution in [0.25, 0.3) is 0 Å². The van der Waals surface area contributed by atoms with Crippen LogP contribution in [0.3, 0.4) is 0 Å². The third-order valence-corrected chi connectivity index (χ3v) is 6.23. The Hall–Kier alpha value is -1.54. The number of ether oxygens (including phenoxy) is 1. The highest BCUT2D eigenvalue weighted by atomic mass is 32.2. The molecule has 27 heavy (non-hydrogen) atoms. The molecule has 0 radical (unpaired) electrons. The minimum Gasteiger partial charge on any atom is -0.444 e. The third kappa shape index (κ3) is 5.04. The van der Waals surface area contributed by atoms with E-state index >= 15 is 0 Å². The minimum absolute atomic E-state index is 0.142. The van der Waals surface area contributed by atoms with Gasteiger partial charge in [-0.3, -0.25) is 4.98 Å². The van der Waals surface area contributed by atoms with Crippen LogP contribution < -0.4 is 5.73 Å². The van der Waals surface area contributed by atoms with Crippen molar-refractivity contribution in [3.05, 3.63) is 23.8 Å². The lowest BCUT2D eigenvalue weighted by Crippen LogP contribution is -2.58. The standard InChI is InChI=1S/C19H29FN4O2S/c1-19(2,3)26-18(25)23-11-14(24-12-13(23)5-4-8-27-24)6-7-15-16(20)9-22-10-17(15)21/h9-10,13-14H,4-8,11-12,21H2,1-3H3/t13-,14-/m0/s1. The van der Waals surface area contributed by atoms with E-state index in [0.717, 1.165) is 31.6 Å². The van der Waals surface area contributed by atoms with Crippen molar-refractivity contribution in [2.75, 3.05) is 24.6 Å². The van der Waals surface area contributed by atoms with Crippen LogP contribution in [-0.2, 0) is 11.2 Å². The van der Waals surface area contributed by atoms with E-state index in [2.05, 4.69) is 9.29 Å². The first kappa shape index (κ1) is 20.2. The smallest absolute Gasteiger partial charge is 0.410 e. The number of aromatic nitrogens is 1. The first-order chi connectivity index (χ1) is 12.7. The fourth-order valence-corrected chi connectivity index (χ4v) is 4.85. The zero-order valence-corrected chi connectivity index (χ0v) is 17.1. The molecule has 2 saturated heterocycles. The molecule has 3 rings (SSSR count). The summed E-state index contributed by atoms with van der Waals surface area (Å²) in [5.74, 6) is 0.678. The summed E-state index contributed by atoms with van der Waals surface area (Å²) >= 11 is 1.83. The summed E-state index contributed by atoms with van der Waals surface area (Å²) in [5.41, 5.74) is 6.28. The van der Waals surface area contributed by atoms with Crippen LogP contribution in [-0.4, -0.2) is 56.8 Å². The van der Waals surface area contributed by atoms with Gasteiger partial charge in [-0.25, -0.2) is 13.5 Å². The maximum atomic E-state index is 14.1. The lowest BCUT2D eigenvalue weighted by atomic mass is 9.99. The van der Waals surface area contributed by atoms with Gasteiger partial charge in [-0.1, -0.05) is 11.9 Å². The summed E-state index contributed by atoms with van der Waals surface area (Å²) in [6, 6.07) is 0.317. The van der Waals surface area contributed by atoms with Gasteiger partial charge in [-0.2, -0.15) is 0 Å². The molecule has 2 fully saturated rings. The average Bonchev–Trinajstić information content (AvgIpc) is 2.77. The molecule has 2 N–H and O–H groups in total. The van der Waals surface area contributed by atoms with E-state index in [1.165, 1.54) is 12.4 Å². The zero-order valence-electron chi connectivity index (χ0n) is 16.3. The first-order valence-corrected chi connectivity index (χ1v) is 10.5. The summed E-state index contributed by atoms with van der Waals surface area (Å²) < 4.78 is 22.1. The number of anilines is 1. The summed E-state index contributed by atoms with van der Waals surface area (Å²) in [6.45, 7) is 7.08. The van der Waals surface area contributed by atoms with Crippen LogP contribution in [0.15, 0.2) is 12.4 Å². The van der Waals surface area contributed by atoms with Crippen LogP contribution in [0.4, 0.5) is 14.9 Å². The fraction of sp³-hybridized carbons (Fsp3) is 0.684. The lowest BCUT2D eigenvalue weighted by Gasteiger charge is -2.44. The molecule has 6 nitrogen and oxygen atoms in total. The van der Waals surface area contributed by atoms with Gasteiger partial charge < -0.3 is 15.4 Å². The SMILES string of the molecule is CC(C)(C)OC(=O)N1C[C@H](CCc2c(N)cncc2F)[N@]2C[C@@H]1CCCS2. The average molecular weight is 397 g/mol. The predicted molar refractivity (Wildman–Crippen MR) is 106 cm³/mol. The molecule has 0 unspecified atom stereocenters. The van der Waals surface area contributed by atoms with Gasteiger partial charge in [0.2, 0.25) is 0 Å². The number of rotatable bonds is 3. The zero-order chi connectivity index (χ0) is 19.6. The van der Waals surface area contributed by atoms with E-state index in [1.807, 2.05) is 37.6 Å². The Morgan fingerprint density at radius 2 is 2.19 bits per heavy atom. The molecule has 8 heteroatoms. The highest BCUT2D eigenvalue weighted by Crippen LogP contribution is 2.32. The molecule has 1 aromatic rings. The number of carbonyl (C=O) groups excluding carboxylic acids is 1. The second kappa shape index (κ2) is 8.22. The Morgan fingerprint density at radius 3 is 2.89 bits per heavy atom. The number of nitrogen functional groups attached to an aromatic ring is 1. The molecule has 2 bridgehead atoms. The summed E-state index contributed by atoms with van der Waals surface area (Å²) in [6.07, 6.45) is 5.75. The predicted octanol–water partition coefficient (Wildman–Crippen LogP) is 3.47. The molecule has 3 atom stereocenters. The molecule has 150 valence electrons. The first-order valence-electron chi connectivity index (χ1n) is 9.51. The monoisotopic (exact) mass is 396 g/mol. The number of hydrogen-bond acceptors (Lipinski definition) is 6. The van der Waals surface area contributed by atoms with Gasteiger partial charge in [0.1, 0.15) is 11.4 Å². The van der Waals surface area contributed by atoms with Crippen molar-refractivity contribution in [1.82, 2.24) is 14.2 Å². The number of piperazine rings is 1. The van der Waals surface area contributed by atoms with Crippen molar-refractivity contribution >= 4 is 23.7 Å².